The van der Waals surface area contributed by atoms with Crippen LogP contribution in [0.5, 0.6) is 5.75 Å². The second-order valence-electron chi connectivity index (χ2n) is 12.0. The van der Waals surface area contributed by atoms with Gasteiger partial charge in [-0.3, -0.25) is 29.3 Å². The molecule has 262 valence electrons. The number of rotatable bonds is 14. The molecule has 4 heterocycles. The first kappa shape index (κ1) is 34.1. The third kappa shape index (κ3) is 7.30. The van der Waals surface area contributed by atoms with Crippen molar-refractivity contribution < 1.29 is 23.9 Å². The van der Waals surface area contributed by atoms with E-state index < -0.39 is 11.8 Å². The second-order valence-corrected chi connectivity index (χ2v) is 12.0. The minimum Gasteiger partial charge on any atom is -0.491 e. The number of hydrogen-bond donors (Lipinski definition) is 4. The Morgan fingerprint density at radius 2 is 1.68 bits per heavy atom. The van der Waals surface area contributed by atoms with Crippen LogP contribution in [0.1, 0.15) is 50.2 Å². The van der Waals surface area contributed by atoms with E-state index in [0.29, 0.717) is 65.3 Å². The molecule has 1 aliphatic heterocycles. The number of fused-ring (bicyclic) bond motifs is 2. The Kier molecular flexibility index (Phi) is 10.1. The van der Waals surface area contributed by atoms with Crippen LogP contribution in [0.15, 0.2) is 48.6 Å². The maximum atomic E-state index is 13.3. The van der Waals surface area contributed by atoms with Crippen molar-refractivity contribution in [2.75, 3.05) is 50.5 Å². The topological polar surface area (TPSA) is 216 Å². The number of primary amides is 2. The van der Waals surface area contributed by atoms with Crippen molar-refractivity contribution in [3.8, 4) is 5.75 Å². The van der Waals surface area contributed by atoms with Crippen molar-refractivity contribution in [1.29, 1.82) is 0 Å². The predicted octanol–water partition coefficient (Wildman–Crippen LogP) is 2.30. The highest BCUT2D eigenvalue weighted by atomic mass is 16.5. The van der Waals surface area contributed by atoms with E-state index in [2.05, 4.69) is 25.3 Å². The van der Waals surface area contributed by atoms with Crippen molar-refractivity contribution in [2.24, 2.45) is 11.5 Å². The van der Waals surface area contributed by atoms with Crippen LogP contribution in [0.25, 0.3) is 22.1 Å². The number of aromatic nitrogens is 6. The van der Waals surface area contributed by atoms with Gasteiger partial charge < -0.3 is 35.8 Å². The number of imidazole rings is 2. The van der Waals surface area contributed by atoms with Gasteiger partial charge in [-0.05, 0) is 56.7 Å². The zero-order chi connectivity index (χ0) is 35.4. The lowest BCUT2D eigenvalue weighted by atomic mass is 10.1. The summed E-state index contributed by atoms with van der Waals surface area (Å²) in [7, 11) is 0. The monoisotopic (exact) mass is 683 g/mol. The smallest absolute Gasteiger partial charge is 0.276 e. The summed E-state index contributed by atoms with van der Waals surface area (Å²) < 4.78 is 16.9. The fourth-order valence-corrected chi connectivity index (χ4v) is 6.04. The van der Waals surface area contributed by atoms with E-state index in [0.717, 1.165) is 45.0 Å². The molecule has 1 saturated heterocycles. The number of carbonyl (C=O) groups excluding carboxylic acids is 3. The Balaban J connectivity index is 1.24. The molecule has 7 N–H and O–H groups in total. The number of nitrogen functional groups attached to an aromatic ring is 1. The van der Waals surface area contributed by atoms with E-state index >= 15 is 0 Å². The Hall–Kier alpha value is -5.74. The van der Waals surface area contributed by atoms with Gasteiger partial charge in [0, 0.05) is 50.4 Å². The molecule has 0 atom stereocenters. The number of carbonyl (C=O) groups is 3. The highest BCUT2D eigenvalue weighted by molar-refractivity contribution is 6.03. The highest BCUT2D eigenvalue weighted by Crippen LogP contribution is 2.30. The lowest BCUT2D eigenvalue weighted by Crippen LogP contribution is -2.37. The van der Waals surface area contributed by atoms with Crippen LogP contribution in [-0.4, -0.2) is 91.0 Å². The van der Waals surface area contributed by atoms with E-state index in [-0.39, 0.29) is 23.4 Å². The molecule has 16 heteroatoms. The first-order valence-corrected chi connectivity index (χ1v) is 16.5. The van der Waals surface area contributed by atoms with Crippen molar-refractivity contribution in [1.82, 2.24) is 33.8 Å². The quantitative estimate of drug-likeness (QED) is 0.0989. The molecule has 5 aromatic rings. The predicted molar refractivity (Wildman–Crippen MR) is 188 cm³/mol. The molecular weight excluding hydrogens is 642 g/mol. The van der Waals surface area contributed by atoms with Crippen molar-refractivity contribution in [3.05, 3.63) is 71.1 Å². The Bertz CT molecular complexity index is 2090. The average Bonchev–Trinajstić information content (AvgIpc) is 3.76. The van der Waals surface area contributed by atoms with Crippen molar-refractivity contribution in [3.63, 3.8) is 0 Å². The number of amides is 3. The molecular formula is C34H41N11O5. The molecule has 1 aliphatic rings. The van der Waals surface area contributed by atoms with Crippen LogP contribution in [0.4, 0.5) is 11.9 Å². The summed E-state index contributed by atoms with van der Waals surface area (Å²) in [5, 5.41) is 7.28. The summed E-state index contributed by atoms with van der Waals surface area (Å²) in [5.74, 6) is -0.542. The average molecular weight is 684 g/mol. The number of hydrogen-bond acceptors (Lipinski definition) is 10. The molecule has 16 nitrogen and oxygen atoms in total. The molecule has 2 aromatic carbocycles. The molecule has 0 unspecified atom stereocenters. The maximum absolute atomic E-state index is 13.3. The van der Waals surface area contributed by atoms with Gasteiger partial charge in [0.2, 0.25) is 23.7 Å². The molecule has 0 spiro atoms. The molecule has 0 bridgehead atoms. The van der Waals surface area contributed by atoms with Gasteiger partial charge in [-0.15, -0.1) is 0 Å². The van der Waals surface area contributed by atoms with Gasteiger partial charge in [-0.2, -0.15) is 5.10 Å². The fraction of sp³-hybridized carbons (Fsp3) is 0.353. The van der Waals surface area contributed by atoms with Crippen LogP contribution >= 0.6 is 0 Å². The van der Waals surface area contributed by atoms with Gasteiger partial charge in [0.15, 0.2) is 0 Å². The third-order valence-electron chi connectivity index (χ3n) is 8.54. The zero-order valence-electron chi connectivity index (χ0n) is 28.1. The summed E-state index contributed by atoms with van der Waals surface area (Å²) in [5.41, 5.74) is 21.5. The van der Waals surface area contributed by atoms with Crippen LogP contribution in [0, 0.1) is 6.92 Å². The van der Waals surface area contributed by atoms with E-state index in [1.54, 1.807) is 45.6 Å². The van der Waals surface area contributed by atoms with Gasteiger partial charge in [-0.1, -0.05) is 12.2 Å². The molecule has 6 rings (SSSR count). The maximum Gasteiger partial charge on any atom is 0.276 e. The number of nitrogens with two attached hydrogens (primary N) is 3. The first-order chi connectivity index (χ1) is 24.1. The number of allylic oxidation sites excluding steroid dienone is 2. The Morgan fingerprint density at radius 1 is 0.960 bits per heavy atom. The Labute approximate surface area is 287 Å². The van der Waals surface area contributed by atoms with E-state index in [4.69, 9.17) is 26.7 Å². The summed E-state index contributed by atoms with van der Waals surface area (Å²) in [6.07, 6.45) is 4.60. The van der Waals surface area contributed by atoms with Crippen LogP contribution in [0.3, 0.4) is 0 Å². The number of nitrogens with zero attached hydrogens (tertiary/aromatic N) is 7. The minimum absolute atomic E-state index is 0.243. The van der Waals surface area contributed by atoms with Crippen LogP contribution in [-0.2, 0) is 24.4 Å². The number of anilines is 2. The summed E-state index contributed by atoms with van der Waals surface area (Å²) >= 11 is 0. The highest BCUT2D eigenvalue weighted by Gasteiger charge is 2.20. The Morgan fingerprint density at radius 3 is 2.40 bits per heavy atom. The lowest BCUT2D eigenvalue weighted by Gasteiger charge is -2.26. The number of benzene rings is 2. The largest absolute Gasteiger partial charge is 0.491 e. The fourth-order valence-electron chi connectivity index (χ4n) is 6.04. The van der Waals surface area contributed by atoms with Crippen LogP contribution in [0.2, 0.25) is 0 Å². The molecule has 3 amide bonds. The summed E-state index contributed by atoms with van der Waals surface area (Å²) in [6.45, 7) is 9.41. The third-order valence-corrected chi connectivity index (χ3v) is 8.54. The van der Waals surface area contributed by atoms with Gasteiger partial charge in [0.05, 0.1) is 42.1 Å². The first-order valence-electron chi connectivity index (χ1n) is 16.5. The molecule has 1 fully saturated rings. The number of ether oxygens (including phenoxy) is 2. The molecule has 0 radical (unpaired) electrons. The number of aryl methyl sites for hydroxylation is 2. The van der Waals surface area contributed by atoms with E-state index in [9.17, 15) is 14.4 Å². The summed E-state index contributed by atoms with van der Waals surface area (Å²) in [6, 6.07) is 9.90. The van der Waals surface area contributed by atoms with Crippen LogP contribution < -0.4 is 27.3 Å². The van der Waals surface area contributed by atoms with Crippen molar-refractivity contribution in [2.45, 2.75) is 39.9 Å². The number of nitrogens with one attached hydrogen (secondary N) is 1. The number of morpholine rings is 1. The minimum atomic E-state index is -0.592. The SMILES string of the molecule is CCn1nc(C)cc1C(=O)Nc1nc2cc(C(N)=O)ccc2n1C/C=C/Cn1c(N)nc2cc(C(N)=O)cc(OCCCN3CCOCC3)c21. The van der Waals surface area contributed by atoms with Gasteiger partial charge >= 0.3 is 0 Å². The normalized spacial score (nSPS) is 13.8. The molecule has 0 saturated carbocycles. The zero-order valence-corrected chi connectivity index (χ0v) is 28.1. The molecule has 0 aliphatic carbocycles. The molecule has 3 aromatic heterocycles. The second kappa shape index (κ2) is 14.8. The standard InChI is InChI=1S/C34H41N11O5/c1-3-45-27(17-21(2)41-45)32(48)40-34-39-24-18-22(30(35)46)7-8-26(24)43(34)10-4-5-11-44-29-25(38-33(44)37)19-23(31(36)47)20-28(29)50-14-6-9-42-12-15-49-16-13-42/h4-5,7-8,17-20H,3,6,9-16H2,1-2H3,(H2,35,46)(H2,36,47)(H2,37,38)(H,39,40,48)/b5-4+. The molecule has 50 heavy (non-hydrogen) atoms. The van der Waals surface area contributed by atoms with Gasteiger partial charge in [-0.25, -0.2) is 9.97 Å². The van der Waals surface area contributed by atoms with Crippen molar-refractivity contribution >= 4 is 51.7 Å². The summed E-state index contributed by atoms with van der Waals surface area (Å²) in [4.78, 5) is 48.8. The van der Waals surface area contributed by atoms with Gasteiger partial charge in [0.1, 0.15) is 17.0 Å². The van der Waals surface area contributed by atoms with E-state index in [1.165, 1.54) is 0 Å². The van der Waals surface area contributed by atoms with Gasteiger partial charge in [0.25, 0.3) is 5.91 Å². The lowest BCUT2D eigenvalue weighted by molar-refractivity contribution is 0.0358. The van der Waals surface area contributed by atoms with E-state index in [1.807, 2.05) is 30.6 Å².